The van der Waals surface area contributed by atoms with Crippen molar-refractivity contribution in [3.8, 4) is 0 Å². The fraction of sp³-hybridized carbons (Fsp3) is 0.200. The van der Waals surface area contributed by atoms with Crippen LogP contribution in [-0.4, -0.2) is 49.2 Å². The van der Waals surface area contributed by atoms with Crippen molar-refractivity contribution in [1.82, 2.24) is 19.4 Å². The minimum atomic E-state index is -1.03. The Morgan fingerprint density at radius 3 is 2.58 bits per heavy atom. The molecule has 1 amide bonds. The van der Waals surface area contributed by atoms with E-state index in [2.05, 4.69) is 15.0 Å². The van der Waals surface area contributed by atoms with Gasteiger partial charge in [-0.15, -0.1) is 0 Å². The second kappa shape index (κ2) is 8.68. The van der Waals surface area contributed by atoms with Gasteiger partial charge in [0.1, 0.15) is 16.2 Å². The van der Waals surface area contributed by atoms with Gasteiger partial charge in [0.2, 0.25) is 0 Å². The maximum atomic E-state index is 13.4. The molecule has 1 atom stereocenters. The monoisotopic (exact) mass is 503 g/mol. The summed E-state index contributed by atoms with van der Waals surface area (Å²) in [7, 11) is 1.25. The number of Topliss-reactive ketones (excluding diaryl/α,β-unsaturated/α-hetero) is 1. The van der Waals surface area contributed by atoms with Crippen molar-refractivity contribution in [1.29, 1.82) is 0 Å². The number of carbonyl (C=O) groups excluding carboxylic acids is 3. The largest absolute Gasteiger partial charge is 0.505 e. The molecular weight excluding hydrogens is 482 g/mol. The summed E-state index contributed by atoms with van der Waals surface area (Å²) in [5, 5.41) is 11.6. The van der Waals surface area contributed by atoms with Crippen molar-refractivity contribution in [2.45, 2.75) is 26.8 Å². The number of amides is 1. The minimum Gasteiger partial charge on any atom is -0.505 e. The van der Waals surface area contributed by atoms with Gasteiger partial charge in [0, 0.05) is 18.6 Å². The number of aliphatic hydroxyl groups excluding tert-OH is 1. The molecule has 0 radical (unpaired) electrons. The lowest BCUT2D eigenvalue weighted by atomic mass is 9.97. The summed E-state index contributed by atoms with van der Waals surface area (Å²) in [4.78, 5) is 53.4. The highest BCUT2D eigenvalue weighted by molar-refractivity contribution is 7.17. The van der Waals surface area contributed by atoms with Crippen LogP contribution in [0.15, 0.2) is 48.4 Å². The number of methoxy groups -OCH3 is 1. The van der Waals surface area contributed by atoms with Crippen molar-refractivity contribution >= 4 is 45.5 Å². The zero-order chi connectivity index (χ0) is 25.7. The molecule has 5 heterocycles. The van der Waals surface area contributed by atoms with Crippen LogP contribution in [0.3, 0.4) is 0 Å². The maximum Gasteiger partial charge on any atom is 0.350 e. The topological polar surface area (TPSA) is 127 Å². The number of aryl methyl sites for hydroxylation is 3. The van der Waals surface area contributed by atoms with E-state index in [1.165, 1.54) is 18.2 Å². The summed E-state index contributed by atoms with van der Waals surface area (Å²) in [6, 6.07) is 6.09. The van der Waals surface area contributed by atoms with Gasteiger partial charge >= 0.3 is 11.9 Å². The lowest BCUT2D eigenvalue weighted by molar-refractivity contribution is -0.132. The predicted octanol–water partition coefficient (Wildman–Crippen LogP) is 3.52. The van der Waals surface area contributed by atoms with Crippen molar-refractivity contribution in [3.05, 3.63) is 81.5 Å². The molecule has 11 heteroatoms. The Morgan fingerprint density at radius 2 is 1.92 bits per heavy atom. The van der Waals surface area contributed by atoms with E-state index in [0.29, 0.717) is 22.6 Å². The standard InChI is InChI=1S/C25H21N5O5S/c1-12-7-6-10-29-14(3)17(28-22(12)29)19(31)16-18(15-8-5-9-26-11-15)30(23(33)20(16)32)25-27-13(2)21(36-25)24(34)35-4/h5-11,18,31H,1-4H3/b19-16+. The van der Waals surface area contributed by atoms with Gasteiger partial charge in [-0.2, -0.15) is 0 Å². The zero-order valence-corrected chi connectivity index (χ0v) is 20.7. The molecule has 1 N–H and O–H groups in total. The Hall–Kier alpha value is -4.38. The number of fused-ring (bicyclic) bond motifs is 1. The molecular formula is C25H21N5O5S. The van der Waals surface area contributed by atoms with Crippen LogP contribution < -0.4 is 4.90 Å². The Labute approximate surface area is 209 Å². The number of ether oxygens (including phenoxy) is 1. The molecule has 1 unspecified atom stereocenters. The number of pyridine rings is 2. The first-order chi connectivity index (χ1) is 17.2. The lowest BCUT2D eigenvalue weighted by Crippen LogP contribution is -2.29. The van der Waals surface area contributed by atoms with E-state index in [9.17, 15) is 19.5 Å². The molecule has 10 nitrogen and oxygen atoms in total. The third-order valence-electron chi connectivity index (χ3n) is 6.12. The second-order valence-electron chi connectivity index (χ2n) is 8.29. The normalized spacial score (nSPS) is 17.2. The molecule has 1 fully saturated rings. The Morgan fingerprint density at radius 1 is 1.14 bits per heavy atom. The smallest absolute Gasteiger partial charge is 0.350 e. The minimum absolute atomic E-state index is 0.130. The van der Waals surface area contributed by atoms with Crippen LogP contribution in [-0.2, 0) is 14.3 Å². The van der Waals surface area contributed by atoms with E-state index < -0.39 is 29.5 Å². The van der Waals surface area contributed by atoms with E-state index in [4.69, 9.17) is 4.74 Å². The van der Waals surface area contributed by atoms with Gasteiger partial charge in [0.15, 0.2) is 10.9 Å². The van der Waals surface area contributed by atoms with Crippen molar-refractivity contribution in [2.75, 3.05) is 12.0 Å². The summed E-state index contributed by atoms with van der Waals surface area (Å²) < 4.78 is 6.62. The number of anilines is 1. The lowest BCUT2D eigenvalue weighted by Gasteiger charge is -2.22. The van der Waals surface area contributed by atoms with Crippen LogP contribution in [0.5, 0.6) is 0 Å². The van der Waals surface area contributed by atoms with E-state index in [1.807, 2.05) is 29.7 Å². The van der Waals surface area contributed by atoms with E-state index >= 15 is 0 Å². The van der Waals surface area contributed by atoms with E-state index in [0.717, 1.165) is 16.9 Å². The number of aromatic nitrogens is 4. The molecule has 0 bridgehead atoms. The molecule has 0 saturated carbocycles. The average Bonchev–Trinajstić information content (AvgIpc) is 3.51. The summed E-state index contributed by atoms with van der Waals surface area (Å²) in [6.07, 6.45) is 4.89. The molecule has 0 aliphatic carbocycles. The zero-order valence-electron chi connectivity index (χ0n) is 19.8. The van der Waals surface area contributed by atoms with Gasteiger partial charge in [-0.1, -0.05) is 23.5 Å². The van der Waals surface area contributed by atoms with Crippen LogP contribution in [0.25, 0.3) is 11.4 Å². The number of ketones is 1. The van der Waals surface area contributed by atoms with Gasteiger partial charge in [-0.3, -0.25) is 19.5 Å². The molecule has 4 aromatic heterocycles. The van der Waals surface area contributed by atoms with Gasteiger partial charge in [0.05, 0.1) is 30.1 Å². The second-order valence-corrected chi connectivity index (χ2v) is 9.27. The van der Waals surface area contributed by atoms with Gasteiger partial charge in [0.25, 0.3) is 5.78 Å². The summed E-state index contributed by atoms with van der Waals surface area (Å²) in [5.41, 5.74) is 3.04. The number of thiazole rings is 1. The molecule has 1 aliphatic heterocycles. The summed E-state index contributed by atoms with van der Waals surface area (Å²) in [6.45, 7) is 5.28. The third kappa shape index (κ3) is 3.47. The van der Waals surface area contributed by atoms with E-state index in [1.54, 1.807) is 32.2 Å². The van der Waals surface area contributed by atoms with E-state index in [-0.39, 0.29) is 21.3 Å². The van der Waals surface area contributed by atoms with Crippen molar-refractivity contribution in [3.63, 3.8) is 0 Å². The van der Waals surface area contributed by atoms with Crippen molar-refractivity contribution in [2.24, 2.45) is 0 Å². The molecule has 36 heavy (non-hydrogen) atoms. The van der Waals surface area contributed by atoms with Crippen LogP contribution in [0.2, 0.25) is 0 Å². The van der Waals surface area contributed by atoms with Gasteiger partial charge in [-0.05, 0) is 44.0 Å². The molecule has 4 aromatic rings. The maximum absolute atomic E-state index is 13.4. The van der Waals surface area contributed by atoms with Gasteiger partial charge < -0.3 is 14.2 Å². The molecule has 0 aromatic carbocycles. The number of hydrogen-bond acceptors (Lipinski definition) is 9. The number of esters is 1. The predicted molar refractivity (Wildman–Crippen MR) is 132 cm³/mol. The Bertz CT molecular complexity index is 1590. The number of hydrogen-bond donors (Lipinski definition) is 1. The van der Waals surface area contributed by atoms with Crippen molar-refractivity contribution < 1.29 is 24.2 Å². The number of imidazole rings is 1. The fourth-order valence-corrected chi connectivity index (χ4v) is 5.34. The summed E-state index contributed by atoms with van der Waals surface area (Å²) in [5.74, 6) is -2.76. The highest BCUT2D eigenvalue weighted by atomic mass is 32.1. The first-order valence-corrected chi connectivity index (χ1v) is 11.8. The first-order valence-electron chi connectivity index (χ1n) is 11.0. The van der Waals surface area contributed by atoms with Crippen LogP contribution >= 0.6 is 11.3 Å². The quantitative estimate of drug-likeness (QED) is 0.194. The number of nitrogens with zero attached hydrogens (tertiary/aromatic N) is 5. The van der Waals surface area contributed by atoms with Crippen LogP contribution in [0.4, 0.5) is 5.13 Å². The number of rotatable bonds is 4. The highest BCUT2D eigenvalue weighted by Crippen LogP contribution is 2.44. The summed E-state index contributed by atoms with van der Waals surface area (Å²) >= 11 is 0.935. The molecule has 0 spiro atoms. The molecule has 1 saturated heterocycles. The number of carbonyl (C=O) groups is 3. The number of aliphatic hydroxyl groups is 1. The SMILES string of the molecule is COC(=O)c1sc(N2C(=O)C(=O)/C(=C(/O)c3nc4c(C)cccn4c3C)C2c2cccnc2)nc1C. The average molecular weight is 504 g/mol. The molecule has 182 valence electrons. The Kier molecular flexibility index (Phi) is 5.64. The first kappa shape index (κ1) is 23.4. The Balaban J connectivity index is 1.74. The van der Waals surface area contributed by atoms with Gasteiger partial charge in [-0.25, -0.2) is 14.8 Å². The van der Waals surface area contributed by atoms with Crippen LogP contribution in [0.1, 0.15) is 43.9 Å². The molecule has 5 rings (SSSR count). The highest BCUT2D eigenvalue weighted by Gasteiger charge is 2.49. The van der Waals surface area contributed by atoms with Crippen LogP contribution in [0, 0.1) is 20.8 Å². The third-order valence-corrected chi connectivity index (χ3v) is 7.25. The molecule has 1 aliphatic rings. The fourth-order valence-electron chi connectivity index (χ4n) is 4.32.